The zero-order chi connectivity index (χ0) is 25.2. The highest BCUT2D eigenvalue weighted by atomic mass is 16.6. The molecule has 0 atom stereocenters. The lowest BCUT2D eigenvalue weighted by atomic mass is 10.1. The van der Waals surface area contributed by atoms with Crippen LogP contribution in [0.2, 0.25) is 0 Å². The van der Waals surface area contributed by atoms with Gasteiger partial charge >= 0.3 is 0 Å². The number of hydrogen-bond acceptors (Lipinski definition) is 6. The first kappa shape index (κ1) is 24.0. The van der Waals surface area contributed by atoms with E-state index in [-0.39, 0.29) is 17.6 Å². The molecule has 1 aromatic heterocycles. The number of aromatic nitrogens is 2. The molecule has 0 spiro atoms. The third-order valence-electron chi connectivity index (χ3n) is 7.16. The van der Waals surface area contributed by atoms with Crippen LogP contribution in [0.15, 0.2) is 54.6 Å². The zero-order valence-electron chi connectivity index (χ0n) is 20.8. The van der Waals surface area contributed by atoms with Crippen LogP contribution in [0.25, 0.3) is 5.69 Å². The Morgan fingerprint density at radius 2 is 1.81 bits per heavy atom. The van der Waals surface area contributed by atoms with E-state index in [9.17, 15) is 14.9 Å². The highest BCUT2D eigenvalue weighted by Crippen LogP contribution is 2.35. The Hall–Kier alpha value is -3.72. The van der Waals surface area contributed by atoms with Crippen molar-refractivity contribution in [2.24, 2.45) is 0 Å². The molecule has 2 aliphatic rings. The molecular formula is C27H32N6O3. The maximum Gasteiger partial charge on any atom is 0.270 e. The Morgan fingerprint density at radius 3 is 2.44 bits per heavy atom. The van der Waals surface area contributed by atoms with Crippen LogP contribution >= 0.6 is 0 Å². The largest absolute Gasteiger partial charge is 0.354 e. The fourth-order valence-corrected chi connectivity index (χ4v) is 4.92. The van der Waals surface area contributed by atoms with Crippen molar-refractivity contribution in [3.8, 4) is 5.69 Å². The van der Waals surface area contributed by atoms with Gasteiger partial charge in [-0.15, -0.1) is 0 Å². The summed E-state index contributed by atoms with van der Waals surface area (Å²) in [5.41, 5.74) is 3.20. The molecular weight excluding hydrogens is 456 g/mol. The second-order valence-corrected chi connectivity index (χ2v) is 9.53. The molecule has 9 nitrogen and oxygen atoms in total. The van der Waals surface area contributed by atoms with E-state index in [1.807, 2.05) is 34.7 Å². The number of nitro benzene ring substituents is 1. The van der Waals surface area contributed by atoms with Crippen molar-refractivity contribution in [3.05, 3.63) is 81.5 Å². The van der Waals surface area contributed by atoms with Gasteiger partial charge in [-0.05, 0) is 44.5 Å². The van der Waals surface area contributed by atoms with E-state index in [0.29, 0.717) is 12.1 Å². The summed E-state index contributed by atoms with van der Waals surface area (Å²) < 4.78 is 2.01. The number of para-hydroxylation sites is 1. The lowest BCUT2D eigenvalue weighted by molar-refractivity contribution is -0.384. The van der Waals surface area contributed by atoms with Crippen LogP contribution in [0.3, 0.4) is 0 Å². The molecule has 0 bridgehead atoms. The summed E-state index contributed by atoms with van der Waals surface area (Å²) in [4.78, 5) is 31.2. The molecule has 2 fully saturated rings. The summed E-state index contributed by atoms with van der Waals surface area (Å²) in [5.74, 6) is 0.863. The van der Waals surface area contributed by atoms with Gasteiger partial charge in [0.25, 0.3) is 11.6 Å². The quantitative estimate of drug-likeness (QED) is 0.351. The van der Waals surface area contributed by atoms with Crippen LogP contribution in [-0.2, 0) is 6.54 Å². The van der Waals surface area contributed by atoms with Crippen LogP contribution in [0.1, 0.15) is 41.4 Å². The topological polar surface area (TPSA) is 87.8 Å². The van der Waals surface area contributed by atoms with E-state index in [2.05, 4.69) is 28.9 Å². The Kier molecular flexibility index (Phi) is 6.73. The molecule has 1 aliphatic carbocycles. The van der Waals surface area contributed by atoms with Gasteiger partial charge in [-0.3, -0.25) is 14.9 Å². The number of nitrogens with zero attached hydrogens (tertiary/aromatic N) is 6. The average Bonchev–Trinajstić information content (AvgIpc) is 3.70. The Morgan fingerprint density at radius 1 is 1.08 bits per heavy atom. The van der Waals surface area contributed by atoms with Crippen molar-refractivity contribution in [2.45, 2.75) is 39.3 Å². The number of hydrogen-bond donors (Lipinski definition) is 0. The van der Waals surface area contributed by atoms with Gasteiger partial charge in [0.05, 0.1) is 22.8 Å². The van der Waals surface area contributed by atoms with E-state index in [4.69, 9.17) is 5.10 Å². The van der Waals surface area contributed by atoms with Gasteiger partial charge in [-0.25, -0.2) is 4.68 Å². The van der Waals surface area contributed by atoms with E-state index < -0.39 is 4.92 Å². The zero-order valence-corrected chi connectivity index (χ0v) is 20.8. The lowest BCUT2D eigenvalue weighted by Gasteiger charge is -2.36. The van der Waals surface area contributed by atoms with Gasteiger partial charge < -0.3 is 14.7 Å². The predicted octanol–water partition coefficient (Wildman–Crippen LogP) is 4.04. The molecule has 1 aliphatic heterocycles. The first-order valence-corrected chi connectivity index (χ1v) is 12.6. The number of non-ortho nitro benzene ring substituents is 1. The minimum atomic E-state index is -0.458. The minimum absolute atomic E-state index is 0.0702. The molecule has 0 unspecified atom stereocenters. The predicted molar refractivity (Wildman–Crippen MR) is 139 cm³/mol. The SMILES string of the molecule is CCN1CCN(c2c(CN(C(=O)c3cccc([N+](=O)[O-])c3)C3CC3)c(C)nn2-c2ccccc2)CC1. The van der Waals surface area contributed by atoms with Crippen molar-refractivity contribution in [1.29, 1.82) is 0 Å². The molecule has 0 N–H and O–H groups in total. The smallest absolute Gasteiger partial charge is 0.270 e. The van der Waals surface area contributed by atoms with Crippen LogP contribution < -0.4 is 4.90 Å². The van der Waals surface area contributed by atoms with Gasteiger partial charge in [0, 0.05) is 55.5 Å². The molecule has 9 heteroatoms. The Labute approximate surface area is 211 Å². The van der Waals surface area contributed by atoms with Crippen LogP contribution in [0, 0.1) is 17.0 Å². The first-order chi connectivity index (χ1) is 17.5. The Balaban J connectivity index is 1.52. The number of carbonyl (C=O) groups is 1. The van der Waals surface area contributed by atoms with Crippen molar-refractivity contribution in [1.82, 2.24) is 19.6 Å². The van der Waals surface area contributed by atoms with E-state index in [1.165, 1.54) is 12.1 Å². The van der Waals surface area contributed by atoms with Gasteiger partial charge in [0.15, 0.2) is 0 Å². The molecule has 1 saturated carbocycles. The molecule has 1 amide bonds. The number of nitro groups is 1. The number of rotatable bonds is 8. The monoisotopic (exact) mass is 488 g/mol. The third kappa shape index (κ3) is 4.83. The molecule has 3 aromatic rings. The van der Waals surface area contributed by atoms with Crippen molar-refractivity contribution < 1.29 is 9.72 Å². The summed E-state index contributed by atoms with van der Waals surface area (Å²) in [6.45, 7) is 9.39. The standard InChI is InChI=1S/C27H32N6O3/c1-3-29-14-16-30(17-15-29)26-25(20(2)28-32(26)23-9-5-4-6-10-23)19-31(22-12-13-22)27(34)21-8-7-11-24(18-21)33(35)36/h4-11,18,22H,3,12-17,19H2,1-2H3. The minimum Gasteiger partial charge on any atom is -0.354 e. The van der Waals surface area contributed by atoms with Gasteiger partial charge in [0.2, 0.25) is 0 Å². The summed E-state index contributed by atoms with van der Waals surface area (Å²) in [5, 5.41) is 16.2. The molecule has 2 aromatic carbocycles. The molecule has 36 heavy (non-hydrogen) atoms. The van der Waals surface area contributed by atoms with E-state index in [1.54, 1.807) is 12.1 Å². The Bertz CT molecular complexity index is 1250. The molecule has 1 saturated heterocycles. The number of anilines is 1. The lowest BCUT2D eigenvalue weighted by Crippen LogP contribution is -2.47. The second kappa shape index (κ2) is 10.1. The second-order valence-electron chi connectivity index (χ2n) is 9.53. The van der Waals surface area contributed by atoms with Crippen molar-refractivity contribution in [3.63, 3.8) is 0 Å². The van der Waals surface area contributed by atoms with Crippen molar-refractivity contribution >= 4 is 17.4 Å². The maximum atomic E-state index is 13.6. The number of carbonyl (C=O) groups excluding carboxylic acids is 1. The summed E-state index contributed by atoms with van der Waals surface area (Å²) in [7, 11) is 0. The van der Waals surface area contributed by atoms with Crippen LogP contribution in [0.4, 0.5) is 11.5 Å². The van der Waals surface area contributed by atoms with Gasteiger partial charge in [-0.1, -0.05) is 31.2 Å². The number of likely N-dealkylation sites (N-methyl/N-ethyl adjacent to an activating group) is 1. The number of aryl methyl sites for hydroxylation is 1. The number of piperazine rings is 1. The highest BCUT2D eigenvalue weighted by molar-refractivity contribution is 5.95. The average molecular weight is 489 g/mol. The van der Waals surface area contributed by atoms with Crippen LogP contribution in [-0.4, -0.2) is 69.2 Å². The molecule has 2 heterocycles. The summed E-state index contributed by atoms with van der Waals surface area (Å²) >= 11 is 0. The van der Waals surface area contributed by atoms with Gasteiger partial charge in [0.1, 0.15) is 5.82 Å². The number of amides is 1. The fourth-order valence-electron chi connectivity index (χ4n) is 4.92. The normalized spacial score (nSPS) is 16.2. The summed E-state index contributed by atoms with van der Waals surface area (Å²) in [6, 6.07) is 16.3. The van der Waals surface area contributed by atoms with Crippen LogP contribution in [0.5, 0.6) is 0 Å². The first-order valence-electron chi connectivity index (χ1n) is 12.6. The molecule has 0 radical (unpaired) electrons. The van der Waals surface area contributed by atoms with Gasteiger partial charge in [-0.2, -0.15) is 5.10 Å². The van der Waals surface area contributed by atoms with E-state index in [0.717, 1.165) is 68.3 Å². The number of benzene rings is 2. The maximum absolute atomic E-state index is 13.6. The van der Waals surface area contributed by atoms with Crippen molar-refractivity contribution in [2.75, 3.05) is 37.6 Å². The van der Waals surface area contributed by atoms with E-state index >= 15 is 0 Å². The third-order valence-corrected chi connectivity index (χ3v) is 7.16. The summed E-state index contributed by atoms with van der Waals surface area (Å²) in [6.07, 6.45) is 1.88. The fraction of sp³-hybridized carbons (Fsp3) is 0.407. The molecule has 188 valence electrons. The molecule has 5 rings (SSSR count). The highest BCUT2D eigenvalue weighted by Gasteiger charge is 2.36.